The van der Waals surface area contributed by atoms with Crippen LogP contribution in [0.4, 0.5) is 4.39 Å². The van der Waals surface area contributed by atoms with Crippen LogP contribution in [0.1, 0.15) is 18.9 Å². The zero-order valence-electron chi connectivity index (χ0n) is 20.0. The molecule has 0 unspecified atom stereocenters. The number of halogens is 2. The van der Waals surface area contributed by atoms with Crippen molar-refractivity contribution in [2.45, 2.75) is 32.9 Å². The highest BCUT2D eigenvalue weighted by atomic mass is 35.5. The summed E-state index contributed by atoms with van der Waals surface area (Å²) in [5.41, 5.74) is 1.15. The maximum Gasteiger partial charge on any atom is 0.310 e. The van der Waals surface area contributed by atoms with E-state index in [0.29, 0.717) is 49.4 Å². The fraction of sp³-hybridized carbons (Fsp3) is 0.370. The van der Waals surface area contributed by atoms with Gasteiger partial charge in [0.05, 0.1) is 5.41 Å². The molecule has 2 N–H and O–H groups in total. The van der Waals surface area contributed by atoms with Gasteiger partial charge in [-0.3, -0.25) is 9.69 Å². The highest BCUT2D eigenvalue weighted by Gasteiger charge is 2.37. The number of carboxylic acids is 1. The van der Waals surface area contributed by atoms with Crippen molar-refractivity contribution in [1.29, 1.82) is 0 Å². The normalized spacial score (nSPS) is 13.8. The summed E-state index contributed by atoms with van der Waals surface area (Å²) in [5.74, 6) is -1.26. The molecule has 2 atom stereocenters. The van der Waals surface area contributed by atoms with Gasteiger partial charge in [0.2, 0.25) is 0 Å². The Kier molecular flexibility index (Phi) is 10.6. The van der Waals surface area contributed by atoms with E-state index in [1.807, 2.05) is 29.2 Å². The summed E-state index contributed by atoms with van der Waals surface area (Å²) in [6.07, 6.45) is 5.00. The van der Waals surface area contributed by atoms with Gasteiger partial charge >= 0.3 is 5.97 Å². The number of rotatable bonds is 14. The van der Waals surface area contributed by atoms with Gasteiger partial charge in [-0.2, -0.15) is 0 Å². The number of nitrogens with zero attached hydrogens (tertiary/aromatic N) is 1. The molecule has 0 bridgehead atoms. The van der Waals surface area contributed by atoms with Crippen LogP contribution in [0.15, 0.2) is 67.8 Å². The Balaban J connectivity index is 2.24. The molecule has 2 rings (SSSR count). The largest absolute Gasteiger partial charge is 0.481 e. The van der Waals surface area contributed by atoms with Gasteiger partial charge in [-0.15, -0.1) is 13.2 Å². The Morgan fingerprint density at radius 2 is 1.82 bits per heavy atom. The third kappa shape index (κ3) is 8.12. The van der Waals surface area contributed by atoms with E-state index in [2.05, 4.69) is 13.2 Å². The molecule has 4 nitrogen and oxygen atoms in total. The predicted octanol–water partition coefficient (Wildman–Crippen LogP) is 6.07. The topological polar surface area (TPSA) is 60.8 Å². The molecule has 0 aliphatic rings. The van der Waals surface area contributed by atoms with E-state index in [-0.39, 0.29) is 11.7 Å². The van der Waals surface area contributed by atoms with Gasteiger partial charge in [0.25, 0.3) is 6.92 Å². The number of hydrogen-bond donors (Lipinski definition) is 2. The first-order valence-electron chi connectivity index (χ1n) is 11.5. The van der Waals surface area contributed by atoms with Gasteiger partial charge in [-0.1, -0.05) is 54.8 Å². The lowest BCUT2D eigenvalue weighted by molar-refractivity contribution is -0.150. The second-order valence-corrected chi connectivity index (χ2v) is 9.75. The maximum absolute atomic E-state index is 14.2. The smallest absolute Gasteiger partial charge is 0.310 e. The molecule has 0 spiro atoms. The molecular weight excluding hydrogens is 452 g/mol. The van der Waals surface area contributed by atoms with E-state index in [9.17, 15) is 19.3 Å². The minimum atomic E-state index is -1.00. The Bertz CT molecular complexity index is 972. The highest BCUT2D eigenvalue weighted by molar-refractivity contribution is 6.48. The van der Waals surface area contributed by atoms with E-state index in [0.717, 1.165) is 11.1 Å². The van der Waals surface area contributed by atoms with Gasteiger partial charge in [-0.25, -0.2) is 4.39 Å². The predicted molar refractivity (Wildman–Crippen MR) is 140 cm³/mol. The Hall–Kier alpha value is -2.41. The third-order valence-corrected chi connectivity index (χ3v) is 6.23. The van der Waals surface area contributed by atoms with Crippen molar-refractivity contribution < 1.29 is 19.3 Å². The molecule has 0 aliphatic carbocycles. The zero-order valence-corrected chi connectivity index (χ0v) is 20.8. The molecule has 34 heavy (non-hydrogen) atoms. The summed E-state index contributed by atoms with van der Waals surface area (Å²) < 4.78 is 14.2. The summed E-state index contributed by atoms with van der Waals surface area (Å²) in [6.45, 7) is 11.9. The maximum atomic E-state index is 14.2. The molecule has 0 heterocycles. The van der Waals surface area contributed by atoms with E-state index in [4.69, 9.17) is 11.6 Å². The molecule has 2 aromatic carbocycles. The lowest BCUT2D eigenvalue weighted by atomic mass is 9.60. The standard InChI is InChI=1S/C27H34BClFNO3/c1-5-13-31(14-6-2)19-27(3,26(32)33)17-21(18-28(4)34)15-20-7-9-22(10-8-20)24-16-23(29)11-12-25(24)30/h5-12,16,21,34H,1-2,13-15,17-19H2,3-4H3,(H,32,33)/t21-,27+/m1/s1. The minimum absolute atomic E-state index is 0.0517. The molecule has 2 aromatic rings. The summed E-state index contributed by atoms with van der Waals surface area (Å²) in [6, 6.07) is 12.0. The van der Waals surface area contributed by atoms with E-state index in [1.54, 1.807) is 32.0 Å². The van der Waals surface area contributed by atoms with Crippen LogP contribution < -0.4 is 0 Å². The van der Waals surface area contributed by atoms with Gasteiger partial charge in [0.15, 0.2) is 0 Å². The van der Waals surface area contributed by atoms with Crippen molar-refractivity contribution >= 4 is 24.5 Å². The minimum Gasteiger partial charge on any atom is -0.481 e. The summed E-state index contributed by atoms with van der Waals surface area (Å²) in [5, 5.41) is 20.7. The first-order chi connectivity index (χ1) is 16.1. The fourth-order valence-corrected chi connectivity index (χ4v) is 4.68. The molecule has 0 fully saturated rings. The highest BCUT2D eigenvalue weighted by Crippen LogP contribution is 2.33. The van der Waals surface area contributed by atoms with E-state index in [1.165, 1.54) is 12.1 Å². The van der Waals surface area contributed by atoms with Crippen LogP contribution in [0.25, 0.3) is 11.1 Å². The average molecular weight is 486 g/mol. The average Bonchev–Trinajstić information content (AvgIpc) is 2.76. The zero-order chi connectivity index (χ0) is 25.3. The molecule has 0 saturated carbocycles. The van der Waals surface area contributed by atoms with Crippen LogP contribution in [-0.2, 0) is 11.2 Å². The molecule has 0 aromatic heterocycles. The number of benzene rings is 2. The number of hydrogen-bond acceptors (Lipinski definition) is 3. The number of aliphatic carboxylic acids is 1. The van der Waals surface area contributed by atoms with Crippen molar-refractivity contribution in [2.75, 3.05) is 19.6 Å². The third-order valence-electron chi connectivity index (χ3n) is 5.99. The van der Waals surface area contributed by atoms with Crippen molar-refractivity contribution in [3.05, 3.63) is 84.2 Å². The van der Waals surface area contributed by atoms with Gasteiger partial charge in [0.1, 0.15) is 5.82 Å². The quantitative estimate of drug-likeness (QED) is 0.252. The van der Waals surface area contributed by atoms with E-state index >= 15 is 0 Å². The first kappa shape index (κ1) is 27.8. The molecule has 0 amide bonds. The van der Waals surface area contributed by atoms with Crippen LogP contribution in [0.5, 0.6) is 0 Å². The first-order valence-corrected chi connectivity index (χ1v) is 11.9. The van der Waals surface area contributed by atoms with Crippen LogP contribution >= 0.6 is 11.6 Å². The van der Waals surface area contributed by atoms with Gasteiger partial charge in [0, 0.05) is 30.2 Å². The fourth-order valence-electron chi connectivity index (χ4n) is 4.51. The summed E-state index contributed by atoms with van der Waals surface area (Å²) in [7, 11) is 0. The van der Waals surface area contributed by atoms with Crippen LogP contribution in [0, 0.1) is 17.2 Å². The van der Waals surface area contributed by atoms with Gasteiger partial charge < -0.3 is 10.1 Å². The number of carboxylic acid groups (broad SMARTS) is 1. The molecule has 0 aliphatic heterocycles. The molecule has 0 saturated heterocycles. The monoisotopic (exact) mass is 485 g/mol. The molecular formula is C27H34BClFNO3. The molecule has 0 radical (unpaired) electrons. The van der Waals surface area contributed by atoms with E-state index < -0.39 is 18.3 Å². The SMILES string of the molecule is C=CCN(CC=C)C[C@](C)(C[C@H](CB(C)O)Cc1ccc(-c2cc(Cl)ccc2F)cc1)C(=O)O. The summed E-state index contributed by atoms with van der Waals surface area (Å²) in [4.78, 5) is 14.3. The van der Waals surface area contributed by atoms with Crippen molar-refractivity contribution in [1.82, 2.24) is 4.90 Å². The second kappa shape index (κ2) is 12.9. The molecule has 182 valence electrons. The Labute approximate surface area is 207 Å². The van der Waals surface area contributed by atoms with Crippen molar-refractivity contribution in [3.8, 4) is 11.1 Å². The lowest BCUT2D eigenvalue weighted by Crippen LogP contribution is -2.43. The Morgan fingerprint density at radius 1 is 1.21 bits per heavy atom. The van der Waals surface area contributed by atoms with Crippen LogP contribution in [0.3, 0.4) is 0 Å². The second-order valence-electron chi connectivity index (χ2n) is 9.32. The molecule has 7 heteroatoms. The number of carbonyl (C=O) groups is 1. The van der Waals surface area contributed by atoms with Crippen molar-refractivity contribution in [2.24, 2.45) is 11.3 Å². The lowest BCUT2D eigenvalue weighted by Gasteiger charge is -2.34. The van der Waals surface area contributed by atoms with Crippen molar-refractivity contribution in [3.63, 3.8) is 0 Å². The van der Waals surface area contributed by atoms with Crippen LogP contribution in [-0.4, -0.2) is 47.5 Å². The van der Waals surface area contributed by atoms with Crippen LogP contribution in [0.2, 0.25) is 18.2 Å². The Morgan fingerprint density at radius 3 is 2.35 bits per heavy atom. The van der Waals surface area contributed by atoms with Gasteiger partial charge in [-0.05, 0) is 61.3 Å². The summed E-state index contributed by atoms with van der Waals surface area (Å²) >= 11 is 6.03.